The van der Waals surface area contributed by atoms with Crippen LogP contribution in [0.25, 0.3) is 0 Å². The molecule has 12 nitrogen and oxygen atoms in total. The van der Waals surface area contributed by atoms with Crippen LogP contribution in [0.3, 0.4) is 0 Å². The summed E-state index contributed by atoms with van der Waals surface area (Å²) in [6.45, 7) is 6.07. The molecular formula is C43H40F6N6O6. The Hall–Kier alpha value is -6.82. The SMILES string of the molecule is Cc1cc(N(C)CC(=O)N2CCN(Cc3ccc4c(c3)OCO4)CC2)ccc1Oc1ccc(NC(=O)c2ccc(C(F)(F)F)cc2)cn1.NC(=O)c1ccc(C(F)(F)F)cc1. The number of fused-ring (bicyclic) bond motifs is 1. The summed E-state index contributed by atoms with van der Waals surface area (Å²) in [5.74, 6) is 1.17. The van der Waals surface area contributed by atoms with Crippen molar-refractivity contribution in [2.24, 2.45) is 5.73 Å². The number of piperazine rings is 1. The molecule has 0 unspecified atom stereocenters. The van der Waals surface area contributed by atoms with Gasteiger partial charge >= 0.3 is 12.4 Å². The summed E-state index contributed by atoms with van der Waals surface area (Å²) in [7, 11) is 1.88. The first-order chi connectivity index (χ1) is 28.9. The van der Waals surface area contributed by atoms with Crippen LogP contribution < -0.4 is 30.2 Å². The molecule has 0 spiro atoms. The first kappa shape index (κ1) is 43.8. The number of likely N-dealkylation sites (N-methyl/N-ethyl adjacent to an activating group) is 1. The molecule has 0 bridgehead atoms. The van der Waals surface area contributed by atoms with E-state index in [0.717, 1.165) is 96.5 Å². The van der Waals surface area contributed by atoms with Gasteiger partial charge in [-0.15, -0.1) is 0 Å². The maximum absolute atomic E-state index is 13.1. The van der Waals surface area contributed by atoms with Crippen LogP contribution in [0.4, 0.5) is 37.7 Å². The molecule has 0 aliphatic carbocycles. The van der Waals surface area contributed by atoms with Gasteiger partial charge < -0.3 is 35.1 Å². The largest absolute Gasteiger partial charge is 0.454 e. The number of carbonyl (C=O) groups is 3. The number of hydrogen-bond acceptors (Lipinski definition) is 9. The Bertz CT molecular complexity index is 2330. The predicted molar refractivity (Wildman–Crippen MR) is 213 cm³/mol. The Morgan fingerprint density at radius 2 is 1.41 bits per heavy atom. The molecule has 0 radical (unpaired) electrons. The van der Waals surface area contributed by atoms with E-state index in [1.165, 1.54) is 6.20 Å². The standard InChI is InChI=1S/C35H34F3N5O5.C8H6F3NO/c1-23-17-28(41(2)21-33(44)43-15-13-42(14-16-43)20-24-3-10-30-31(18-24)47-22-46-30)9-11-29(23)48-32-12-8-27(19-39-32)40-34(45)25-4-6-26(7-5-25)35(36,37)38;9-8(10,11)6-3-1-5(2-4-6)7(12)13/h3-12,17-19H,13-16,20-22H2,1-2H3,(H,40,45);1-4H,(H2,12,13). The number of nitrogens with two attached hydrogens (primary N) is 1. The molecule has 1 fully saturated rings. The van der Waals surface area contributed by atoms with E-state index >= 15 is 0 Å². The van der Waals surface area contributed by atoms with Crippen LogP contribution in [0.1, 0.15) is 43.0 Å². The fourth-order valence-corrected chi connectivity index (χ4v) is 6.30. The lowest BCUT2D eigenvalue weighted by atomic mass is 10.1. The van der Waals surface area contributed by atoms with Crippen molar-refractivity contribution < 1.29 is 54.9 Å². The van der Waals surface area contributed by atoms with E-state index in [1.54, 1.807) is 12.1 Å². The number of hydrogen-bond donors (Lipinski definition) is 2. The van der Waals surface area contributed by atoms with Crippen molar-refractivity contribution in [1.82, 2.24) is 14.8 Å². The molecule has 5 aromatic rings. The normalized spacial score (nSPS) is 13.8. The smallest absolute Gasteiger partial charge is 0.416 e. The van der Waals surface area contributed by atoms with Gasteiger partial charge in [-0.25, -0.2) is 4.98 Å². The monoisotopic (exact) mass is 850 g/mol. The van der Waals surface area contributed by atoms with Gasteiger partial charge in [-0.3, -0.25) is 19.3 Å². The van der Waals surface area contributed by atoms with Crippen LogP contribution in [0.2, 0.25) is 0 Å². The minimum atomic E-state index is -4.48. The van der Waals surface area contributed by atoms with Gasteiger partial charge in [0.2, 0.25) is 24.5 Å². The van der Waals surface area contributed by atoms with Crippen LogP contribution in [0.15, 0.2) is 103 Å². The first-order valence-electron chi connectivity index (χ1n) is 18.7. The molecule has 2 aliphatic rings. The second-order valence-electron chi connectivity index (χ2n) is 14.1. The number of nitrogens with one attached hydrogen (secondary N) is 1. The molecule has 0 saturated carbocycles. The van der Waals surface area contributed by atoms with Crippen LogP contribution >= 0.6 is 0 Å². The van der Waals surface area contributed by atoms with E-state index in [9.17, 15) is 40.7 Å². The minimum Gasteiger partial charge on any atom is -0.454 e. The molecule has 4 aromatic carbocycles. The number of rotatable bonds is 10. The molecule has 3 heterocycles. The number of anilines is 2. The molecule has 0 atom stereocenters. The van der Waals surface area contributed by atoms with Crippen LogP contribution in [0, 0.1) is 6.92 Å². The van der Waals surface area contributed by atoms with E-state index in [-0.39, 0.29) is 30.4 Å². The second kappa shape index (κ2) is 18.6. The van der Waals surface area contributed by atoms with Gasteiger partial charge in [-0.05, 0) is 103 Å². The Labute approximate surface area is 346 Å². The summed E-state index contributed by atoms with van der Waals surface area (Å²) < 4.78 is 91.2. The number of amides is 3. The van der Waals surface area contributed by atoms with E-state index in [4.69, 9.17) is 19.9 Å². The van der Waals surface area contributed by atoms with Gasteiger partial charge in [-0.2, -0.15) is 26.3 Å². The maximum Gasteiger partial charge on any atom is 0.416 e. The number of nitrogens with zero attached hydrogens (tertiary/aromatic N) is 4. The Balaban J connectivity index is 0.000000410. The molecule has 2 aliphatic heterocycles. The third kappa shape index (κ3) is 11.7. The van der Waals surface area contributed by atoms with Crippen molar-refractivity contribution in [3.8, 4) is 23.1 Å². The minimum absolute atomic E-state index is 0.0629. The highest BCUT2D eigenvalue weighted by Gasteiger charge is 2.31. The molecule has 7 rings (SSSR count). The molecule has 3 N–H and O–H groups in total. The zero-order valence-electron chi connectivity index (χ0n) is 32.8. The van der Waals surface area contributed by atoms with Crippen LogP contribution in [-0.2, 0) is 23.7 Å². The van der Waals surface area contributed by atoms with Gasteiger partial charge in [0.25, 0.3) is 5.91 Å². The van der Waals surface area contributed by atoms with Crippen molar-refractivity contribution in [1.29, 1.82) is 0 Å². The number of ether oxygens (including phenoxy) is 3. The van der Waals surface area contributed by atoms with Crippen molar-refractivity contribution >= 4 is 29.1 Å². The Morgan fingerprint density at radius 1 is 0.787 bits per heavy atom. The molecule has 320 valence electrons. The average molecular weight is 851 g/mol. The number of aromatic nitrogens is 1. The topological polar surface area (TPSA) is 140 Å². The summed E-state index contributed by atoms with van der Waals surface area (Å²) in [4.78, 5) is 46.5. The van der Waals surface area contributed by atoms with Crippen molar-refractivity contribution in [2.75, 3.05) is 56.8 Å². The highest BCUT2D eigenvalue weighted by atomic mass is 19.4. The fraction of sp³-hybridized carbons (Fsp3) is 0.256. The third-order valence-corrected chi connectivity index (χ3v) is 9.72. The highest BCUT2D eigenvalue weighted by molar-refractivity contribution is 6.04. The molecule has 61 heavy (non-hydrogen) atoms. The molecule has 3 amide bonds. The van der Waals surface area contributed by atoms with Crippen LogP contribution in [-0.4, -0.2) is 79.1 Å². The van der Waals surface area contributed by atoms with Gasteiger partial charge in [0.15, 0.2) is 11.5 Å². The number of primary amides is 1. The van der Waals surface area contributed by atoms with E-state index < -0.39 is 35.3 Å². The van der Waals surface area contributed by atoms with Gasteiger partial charge in [0.1, 0.15) is 5.75 Å². The predicted octanol–water partition coefficient (Wildman–Crippen LogP) is 7.77. The maximum atomic E-state index is 13.1. The number of aryl methyl sites for hydroxylation is 1. The summed E-state index contributed by atoms with van der Waals surface area (Å²) in [5, 5.41) is 2.61. The summed E-state index contributed by atoms with van der Waals surface area (Å²) in [6, 6.07) is 22.5. The van der Waals surface area contributed by atoms with E-state index in [2.05, 4.69) is 15.2 Å². The Kier molecular flexibility index (Phi) is 13.4. The number of pyridine rings is 1. The molecular weight excluding hydrogens is 810 g/mol. The lowest BCUT2D eigenvalue weighted by Gasteiger charge is -2.35. The van der Waals surface area contributed by atoms with E-state index in [1.807, 2.05) is 60.2 Å². The second-order valence-corrected chi connectivity index (χ2v) is 14.1. The lowest BCUT2D eigenvalue weighted by Crippen LogP contribution is -2.50. The summed E-state index contributed by atoms with van der Waals surface area (Å²) in [5.41, 5.74) is 6.59. The molecule has 1 aromatic heterocycles. The van der Waals surface area contributed by atoms with Crippen molar-refractivity contribution in [3.63, 3.8) is 0 Å². The Morgan fingerprint density at radius 3 is 1.98 bits per heavy atom. The number of benzene rings is 4. The summed E-state index contributed by atoms with van der Waals surface area (Å²) in [6.07, 6.45) is -7.45. The zero-order chi connectivity index (χ0) is 43.9. The van der Waals surface area contributed by atoms with Crippen LogP contribution in [0.5, 0.6) is 23.1 Å². The fourth-order valence-electron chi connectivity index (χ4n) is 6.30. The van der Waals surface area contributed by atoms with Gasteiger partial charge in [0, 0.05) is 62.7 Å². The molecule has 1 saturated heterocycles. The quantitative estimate of drug-likeness (QED) is 0.135. The van der Waals surface area contributed by atoms with Gasteiger partial charge in [-0.1, -0.05) is 6.07 Å². The number of alkyl halides is 6. The third-order valence-electron chi connectivity index (χ3n) is 9.72. The molecule has 18 heteroatoms. The zero-order valence-corrected chi connectivity index (χ0v) is 32.8. The number of carbonyl (C=O) groups excluding carboxylic acids is 3. The van der Waals surface area contributed by atoms with Crippen molar-refractivity contribution in [2.45, 2.75) is 25.8 Å². The van der Waals surface area contributed by atoms with Gasteiger partial charge in [0.05, 0.1) is 29.6 Å². The lowest BCUT2D eigenvalue weighted by molar-refractivity contribution is -0.138. The summed E-state index contributed by atoms with van der Waals surface area (Å²) >= 11 is 0. The first-order valence-corrected chi connectivity index (χ1v) is 18.7. The van der Waals surface area contributed by atoms with E-state index in [0.29, 0.717) is 30.4 Å². The van der Waals surface area contributed by atoms with Crippen molar-refractivity contribution in [3.05, 3.63) is 137 Å². The highest BCUT2D eigenvalue weighted by Crippen LogP contribution is 2.34. The number of halogens is 6. The average Bonchev–Trinajstić information content (AvgIpc) is 3.70.